The van der Waals surface area contributed by atoms with Crippen LogP contribution in [0.3, 0.4) is 0 Å². The number of rotatable bonds is 3. The smallest absolute Gasteiger partial charge is 0.231 e. The van der Waals surface area contributed by atoms with Gasteiger partial charge in [-0.25, -0.2) is 4.39 Å². The molecule has 1 unspecified atom stereocenters. The van der Waals surface area contributed by atoms with Crippen molar-refractivity contribution >= 4 is 33.4 Å². The molecule has 0 spiro atoms. The molecule has 0 aliphatic rings. The van der Waals surface area contributed by atoms with Crippen molar-refractivity contribution in [2.75, 3.05) is 5.33 Å². The maximum Gasteiger partial charge on any atom is 0.231 e. The molecule has 0 aliphatic heterocycles. The van der Waals surface area contributed by atoms with Gasteiger partial charge in [0.25, 0.3) is 0 Å². The van der Waals surface area contributed by atoms with E-state index in [1.807, 2.05) is 0 Å². The van der Waals surface area contributed by atoms with E-state index in [1.54, 1.807) is 13.0 Å². The molecule has 1 N–H and O–H groups in total. The summed E-state index contributed by atoms with van der Waals surface area (Å²) in [5.74, 6) is -0.619. The highest BCUT2D eigenvalue weighted by molar-refractivity contribution is 9.09. The fourth-order valence-corrected chi connectivity index (χ4v) is 1.77. The van der Waals surface area contributed by atoms with Crippen molar-refractivity contribution in [1.82, 2.24) is 5.32 Å². The van der Waals surface area contributed by atoms with E-state index in [-0.39, 0.29) is 11.2 Å². The number of carbonyl (C=O) groups excluding carboxylic acids is 1. The number of carbonyl (C=O) groups is 1. The average molecular weight is 295 g/mol. The van der Waals surface area contributed by atoms with Crippen molar-refractivity contribution in [1.29, 1.82) is 0 Å². The lowest BCUT2D eigenvalue weighted by Crippen LogP contribution is -2.28. The van der Waals surface area contributed by atoms with Crippen molar-refractivity contribution in [3.63, 3.8) is 0 Å². The minimum atomic E-state index is -0.441. The molecule has 0 aliphatic carbocycles. The Labute approximate surface area is 101 Å². The second kappa shape index (κ2) is 5.47. The highest BCUT2D eigenvalue weighted by Gasteiger charge is 2.15. The Morgan fingerprint density at radius 3 is 2.87 bits per heavy atom. The molecule has 0 aromatic heterocycles. The highest BCUT2D eigenvalue weighted by atomic mass is 79.9. The Hall–Kier alpha value is -0.610. The minimum absolute atomic E-state index is 0.184. The fraction of sp³-hybridized carbons (Fsp3) is 0.300. The van der Waals surface area contributed by atoms with Crippen LogP contribution in [0.5, 0.6) is 0 Å². The Kier molecular flexibility index (Phi) is 4.54. The normalized spacial score (nSPS) is 12.3. The first kappa shape index (κ1) is 12.5. The lowest BCUT2D eigenvalue weighted by molar-refractivity contribution is -0.119. The summed E-state index contributed by atoms with van der Waals surface area (Å²) in [7, 11) is 0. The number of nitrogens with one attached hydrogen (secondary N) is 1. The molecular weight excluding hydrogens is 284 g/mol. The van der Waals surface area contributed by atoms with Gasteiger partial charge in [-0.15, -0.1) is 0 Å². The van der Waals surface area contributed by atoms with Gasteiger partial charge in [-0.1, -0.05) is 33.6 Å². The van der Waals surface area contributed by atoms with Crippen LogP contribution in [0.4, 0.5) is 4.39 Å². The molecule has 1 rings (SSSR count). The molecule has 0 radical (unpaired) electrons. The van der Waals surface area contributed by atoms with E-state index in [0.717, 1.165) is 0 Å². The van der Waals surface area contributed by atoms with Gasteiger partial charge in [-0.3, -0.25) is 4.79 Å². The van der Waals surface area contributed by atoms with Gasteiger partial charge in [-0.05, 0) is 19.1 Å². The van der Waals surface area contributed by atoms with Crippen molar-refractivity contribution in [2.24, 2.45) is 0 Å². The third-order valence-electron chi connectivity index (χ3n) is 1.93. The van der Waals surface area contributed by atoms with Gasteiger partial charge >= 0.3 is 0 Å². The predicted molar refractivity (Wildman–Crippen MR) is 61.8 cm³/mol. The van der Waals surface area contributed by atoms with Crippen LogP contribution in [0.25, 0.3) is 0 Å². The first-order valence-electron chi connectivity index (χ1n) is 4.35. The van der Waals surface area contributed by atoms with Crippen molar-refractivity contribution in [3.8, 4) is 0 Å². The van der Waals surface area contributed by atoms with Gasteiger partial charge in [0.15, 0.2) is 0 Å². The number of hydrogen-bond acceptors (Lipinski definition) is 1. The van der Waals surface area contributed by atoms with E-state index in [2.05, 4.69) is 21.2 Å². The molecule has 0 saturated heterocycles. The zero-order valence-corrected chi connectivity index (χ0v) is 10.4. The number of alkyl halides is 1. The van der Waals surface area contributed by atoms with Crippen LogP contribution in [-0.2, 0) is 4.79 Å². The minimum Gasteiger partial charge on any atom is -0.349 e. The Balaban J connectivity index is 2.90. The molecule has 1 amide bonds. The first-order valence-corrected chi connectivity index (χ1v) is 5.85. The molecule has 1 aromatic carbocycles. The lowest BCUT2D eigenvalue weighted by Gasteiger charge is -2.15. The molecule has 0 bridgehead atoms. The molecule has 0 saturated carbocycles. The van der Waals surface area contributed by atoms with E-state index in [1.165, 1.54) is 12.1 Å². The molecule has 2 nitrogen and oxygen atoms in total. The molecule has 1 atom stereocenters. The van der Waals surface area contributed by atoms with E-state index in [0.29, 0.717) is 10.6 Å². The number of hydrogen-bond donors (Lipinski definition) is 1. The SMILES string of the molecule is CC(NC(=O)CBr)c1c(F)cccc1Cl. The maximum atomic E-state index is 13.4. The molecule has 15 heavy (non-hydrogen) atoms. The van der Waals surface area contributed by atoms with Crippen molar-refractivity contribution in [2.45, 2.75) is 13.0 Å². The van der Waals surface area contributed by atoms with Crippen LogP contribution < -0.4 is 5.32 Å². The highest BCUT2D eigenvalue weighted by Crippen LogP contribution is 2.25. The summed E-state index contributed by atoms with van der Waals surface area (Å²) in [5, 5.41) is 3.12. The zero-order valence-electron chi connectivity index (χ0n) is 8.06. The third-order valence-corrected chi connectivity index (χ3v) is 2.77. The Morgan fingerprint density at radius 1 is 1.67 bits per heavy atom. The fourth-order valence-electron chi connectivity index (χ4n) is 1.28. The summed E-state index contributed by atoms with van der Waals surface area (Å²) in [6.07, 6.45) is 0. The topological polar surface area (TPSA) is 29.1 Å². The van der Waals surface area contributed by atoms with Crippen molar-refractivity contribution in [3.05, 3.63) is 34.6 Å². The molecule has 1 aromatic rings. The van der Waals surface area contributed by atoms with Gasteiger partial charge in [0.1, 0.15) is 5.82 Å². The van der Waals surface area contributed by atoms with Gasteiger partial charge < -0.3 is 5.32 Å². The molecule has 0 fully saturated rings. The largest absolute Gasteiger partial charge is 0.349 e. The summed E-state index contributed by atoms with van der Waals surface area (Å²) in [6, 6.07) is 4.00. The number of halogens is 3. The van der Waals surface area contributed by atoms with Crippen LogP contribution in [0.15, 0.2) is 18.2 Å². The van der Waals surface area contributed by atoms with Crippen LogP contribution in [0, 0.1) is 5.82 Å². The zero-order chi connectivity index (χ0) is 11.4. The second-order valence-corrected chi connectivity index (χ2v) is 4.03. The Bertz CT molecular complexity index is 352. The maximum absolute atomic E-state index is 13.4. The van der Waals surface area contributed by atoms with E-state index in [4.69, 9.17) is 11.6 Å². The third kappa shape index (κ3) is 3.18. The molecule has 82 valence electrons. The number of amides is 1. The lowest BCUT2D eigenvalue weighted by atomic mass is 10.1. The van der Waals surface area contributed by atoms with Gasteiger partial charge in [0, 0.05) is 10.6 Å². The summed E-state index contributed by atoms with van der Waals surface area (Å²) < 4.78 is 13.4. The number of benzene rings is 1. The summed E-state index contributed by atoms with van der Waals surface area (Å²) in [5.41, 5.74) is 0.313. The van der Waals surface area contributed by atoms with Gasteiger partial charge in [-0.2, -0.15) is 0 Å². The molecular formula is C10H10BrClFNO. The van der Waals surface area contributed by atoms with E-state index in [9.17, 15) is 9.18 Å². The summed E-state index contributed by atoms with van der Waals surface area (Å²) >= 11 is 8.86. The predicted octanol–water partition coefficient (Wildman–Crippen LogP) is 3.05. The summed E-state index contributed by atoms with van der Waals surface area (Å²) in [6.45, 7) is 1.69. The molecule has 0 heterocycles. The van der Waals surface area contributed by atoms with Crippen LogP contribution in [0.2, 0.25) is 5.02 Å². The van der Waals surface area contributed by atoms with Gasteiger partial charge in [0.05, 0.1) is 11.4 Å². The second-order valence-electron chi connectivity index (χ2n) is 3.06. The monoisotopic (exact) mass is 293 g/mol. The molecule has 5 heteroatoms. The first-order chi connectivity index (χ1) is 7.06. The van der Waals surface area contributed by atoms with Crippen LogP contribution in [-0.4, -0.2) is 11.2 Å². The summed E-state index contributed by atoms with van der Waals surface area (Å²) in [4.78, 5) is 11.1. The van der Waals surface area contributed by atoms with Crippen molar-refractivity contribution < 1.29 is 9.18 Å². The van der Waals surface area contributed by atoms with E-state index < -0.39 is 11.9 Å². The van der Waals surface area contributed by atoms with Gasteiger partial charge in [0.2, 0.25) is 5.91 Å². The average Bonchev–Trinajstić information content (AvgIpc) is 2.17. The van der Waals surface area contributed by atoms with Crippen LogP contribution in [0.1, 0.15) is 18.5 Å². The standard InChI is InChI=1S/C10H10BrClFNO/c1-6(14-9(15)5-11)10-7(12)3-2-4-8(10)13/h2-4,6H,5H2,1H3,(H,14,15). The van der Waals surface area contributed by atoms with Crippen LogP contribution >= 0.6 is 27.5 Å². The quantitative estimate of drug-likeness (QED) is 0.853. The Morgan fingerprint density at radius 2 is 2.33 bits per heavy atom. The van der Waals surface area contributed by atoms with E-state index >= 15 is 0 Å².